The largest absolute Gasteiger partial charge is 0.490 e. The summed E-state index contributed by atoms with van der Waals surface area (Å²) in [6.45, 7) is 8.37. The van der Waals surface area contributed by atoms with E-state index >= 15 is 0 Å². The Labute approximate surface area is 159 Å². The van der Waals surface area contributed by atoms with Gasteiger partial charge >= 0.3 is 0 Å². The van der Waals surface area contributed by atoms with Crippen LogP contribution >= 0.6 is 0 Å². The Morgan fingerprint density at radius 2 is 1.44 bits per heavy atom. The smallest absolute Gasteiger partial charge is 0.255 e. The zero-order valence-electron chi connectivity index (χ0n) is 16.1. The van der Waals surface area contributed by atoms with E-state index in [1.807, 2.05) is 20.8 Å². The van der Waals surface area contributed by atoms with Gasteiger partial charge in [-0.3, -0.25) is 9.59 Å². The van der Waals surface area contributed by atoms with Crippen LogP contribution in [-0.4, -0.2) is 31.5 Å². The van der Waals surface area contributed by atoms with Crippen LogP contribution in [0, 0.1) is 0 Å². The lowest BCUT2D eigenvalue weighted by atomic mass is 10.1. The Kier molecular flexibility index (Phi) is 7.23. The van der Waals surface area contributed by atoms with E-state index in [0.717, 1.165) is 0 Å². The van der Waals surface area contributed by atoms with Crippen LogP contribution < -0.4 is 19.5 Å². The number of hydrogen-bond donors (Lipinski definition) is 1. The lowest BCUT2D eigenvalue weighted by Gasteiger charge is -2.17. The van der Waals surface area contributed by atoms with Crippen molar-refractivity contribution >= 4 is 17.4 Å². The van der Waals surface area contributed by atoms with Gasteiger partial charge in [-0.2, -0.15) is 0 Å². The first-order valence-electron chi connectivity index (χ1n) is 8.98. The molecule has 27 heavy (non-hydrogen) atoms. The van der Waals surface area contributed by atoms with Crippen molar-refractivity contribution < 1.29 is 23.8 Å². The zero-order chi connectivity index (χ0) is 19.8. The van der Waals surface area contributed by atoms with Crippen molar-refractivity contribution in [3.8, 4) is 17.2 Å². The molecule has 1 N–H and O–H groups in total. The number of ether oxygens (including phenoxy) is 3. The number of ketones is 1. The first-order chi connectivity index (χ1) is 13.0. The van der Waals surface area contributed by atoms with Crippen LogP contribution in [0.5, 0.6) is 17.2 Å². The van der Waals surface area contributed by atoms with Crippen molar-refractivity contribution in [2.24, 2.45) is 0 Å². The maximum Gasteiger partial charge on any atom is 0.255 e. The van der Waals surface area contributed by atoms with E-state index in [1.165, 1.54) is 6.92 Å². The highest BCUT2D eigenvalue weighted by molar-refractivity contribution is 6.05. The Bertz CT molecular complexity index is 789. The third-order valence-electron chi connectivity index (χ3n) is 3.70. The number of carbonyl (C=O) groups is 2. The predicted molar refractivity (Wildman–Crippen MR) is 104 cm³/mol. The van der Waals surface area contributed by atoms with Gasteiger partial charge < -0.3 is 19.5 Å². The van der Waals surface area contributed by atoms with E-state index < -0.39 is 0 Å². The number of amides is 1. The number of benzene rings is 2. The van der Waals surface area contributed by atoms with Crippen molar-refractivity contribution in [2.75, 3.05) is 25.1 Å². The van der Waals surface area contributed by atoms with Gasteiger partial charge in [0.05, 0.1) is 19.8 Å². The standard InChI is InChI=1S/C21H25NO5/c1-5-25-18-12-16(13-19(26-6-2)20(18)27-7-3)21(24)22-17-10-8-9-15(11-17)14(4)23/h8-13H,5-7H2,1-4H3,(H,22,24). The third kappa shape index (κ3) is 5.23. The molecule has 144 valence electrons. The fourth-order valence-electron chi connectivity index (χ4n) is 2.54. The Balaban J connectivity index is 2.36. The molecule has 0 saturated carbocycles. The molecule has 0 radical (unpaired) electrons. The van der Waals surface area contributed by atoms with Gasteiger partial charge in [-0.25, -0.2) is 0 Å². The van der Waals surface area contributed by atoms with Gasteiger partial charge in [0.2, 0.25) is 5.75 Å². The fraction of sp³-hybridized carbons (Fsp3) is 0.333. The minimum Gasteiger partial charge on any atom is -0.490 e. The van der Waals surface area contributed by atoms with Crippen molar-refractivity contribution in [3.05, 3.63) is 47.5 Å². The summed E-state index contributed by atoms with van der Waals surface area (Å²) in [6, 6.07) is 10.0. The second-order valence-corrected chi connectivity index (χ2v) is 5.69. The number of rotatable bonds is 9. The fourth-order valence-corrected chi connectivity index (χ4v) is 2.54. The van der Waals surface area contributed by atoms with Gasteiger partial charge in [0, 0.05) is 16.8 Å². The summed E-state index contributed by atoms with van der Waals surface area (Å²) in [5, 5.41) is 2.80. The summed E-state index contributed by atoms with van der Waals surface area (Å²) in [7, 11) is 0. The first kappa shape index (κ1) is 20.3. The summed E-state index contributed by atoms with van der Waals surface area (Å²) in [4.78, 5) is 24.3. The molecule has 0 aliphatic heterocycles. The molecule has 0 aliphatic carbocycles. The van der Waals surface area contributed by atoms with Crippen LogP contribution in [0.15, 0.2) is 36.4 Å². The van der Waals surface area contributed by atoms with E-state index in [1.54, 1.807) is 36.4 Å². The van der Waals surface area contributed by atoms with Crippen LogP contribution in [0.4, 0.5) is 5.69 Å². The van der Waals surface area contributed by atoms with Gasteiger partial charge in [0.1, 0.15) is 0 Å². The second-order valence-electron chi connectivity index (χ2n) is 5.69. The molecule has 0 heterocycles. The average Bonchev–Trinajstić information content (AvgIpc) is 2.64. The molecule has 6 nitrogen and oxygen atoms in total. The maximum absolute atomic E-state index is 12.7. The molecule has 2 aromatic carbocycles. The van der Waals surface area contributed by atoms with Crippen molar-refractivity contribution in [3.63, 3.8) is 0 Å². The van der Waals surface area contributed by atoms with E-state index in [2.05, 4.69) is 5.32 Å². The Morgan fingerprint density at radius 1 is 0.852 bits per heavy atom. The third-order valence-corrected chi connectivity index (χ3v) is 3.70. The van der Waals surface area contributed by atoms with Crippen molar-refractivity contribution in [1.29, 1.82) is 0 Å². The molecule has 1 amide bonds. The highest BCUT2D eigenvalue weighted by atomic mass is 16.5. The highest BCUT2D eigenvalue weighted by Gasteiger charge is 2.18. The number of Topliss-reactive ketones (excluding diaryl/α,β-unsaturated/α-hetero) is 1. The van der Waals surface area contributed by atoms with Crippen LogP contribution in [-0.2, 0) is 0 Å². The molecule has 0 spiro atoms. The molecule has 0 fully saturated rings. The SMILES string of the molecule is CCOc1cc(C(=O)Nc2cccc(C(C)=O)c2)cc(OCC)c1OCC. The molecule has 0 atom stereocenters. The lowest BCUT2D eigenvalue weighted by Crippen LogP contribution is -2.13. The van der Waals surface area contributed by atoms with Gasteiger partial charge in [-0.15, -0.1) is 0 Å². The van der Waals surface area contributed by atoms with Gasteiger partial charge in [0.25, 0.3) is 5.91 Å². The quantitative estimate of drug-likeness (QED) is 0.664. The number of carbonyl (C=O) groups excluding carboxylic acids is 2. The predicted octanol–water partition coefficient (Wildman–Crippen LogP) is 4.34. The molecule has 0 unspecified atom stereocenters. The summed E-state index contributed by atoms with van der Waals surface area (Å²) in [5.41, 5.74) is 1.44. The summed E-state index contributed by atoms with van der Waals surface area (Å²) in [5.74, 6) is 0.988. The molecular formula is C21H25NO5. The van der Waals surface area contributed by atoms with E-state index in [4.69, 9.17) is 14.2 Å². The van der Waals surface area contributed by atoms with E-state index in [0.29, 0.717) is 53.9 Å². The zero-order valence-corrected chi connectivity index (χ0v) is 16.1. The number of hydrogen-bond acceptors (Lipinski definition) is 5. The molecule has 0 bridgehead atoms. The molecule has 0 aliphatic rings. The van der Waals surface area contributed by atoms with Crippen LogP contribution in [0.1, 0.15) is 48.4 Å². The van der Waals surface area contributed by atoms with Crippen LogP contribution in [0.2, 0.25) is 0 Å². The monoisotopic (exact) mass is 371 g/mol. The summed E-state index contributed by atoms with van der Waals surface area (Å²) < 4.78 is 16.9. The van der Waals surface area contributed by atoms with E-state index in [9.17, 15) is 9.59 Å². The van der Waals surface area contributed by atoms with Crippen LogP contribution in [0.25, 0.3) is 0 Å². The van der Waals surface area contributed by atoms with Gasteiger partial charge in [-0.05, 0) is 52.0 Å². The van der Waals surface area contributed by atoms with Gasteiger partial charge in [-0.1, -0.05) is 12.1 Å². The summed E-state index contributed by atoms with van der Waals surface area (Å²) in [6.07, 6.45) is 0. The molecule has 2 rings (SSSR count). The van der Waals surface area contributed by atoms with Crippen LogP contribution in [0.3, 0.4) is 0 Å². The lowest BCUT2D eigenvalue weighted by molar-refractivity contribution is 0.101. The minimum atomic E-state index is -0.333. The molecule has 0 aromatic heterocycles. The first-order valence-corrected chi connectivity index (χ1v) is 8.98. The second kappa shape index (κ2) is 9.62. The molecule has 2 aromatic rings. The Morgan fingerprint density at radius 3 is 1.96 bits per heavy atom. The van der Waals surface area contributed by atoms with Gasteiger partial charge in [0.15, 0.2) is 17.3 Å². The molecule has 6 heteroatoms. The number of anilines is 1. The van der Waals surface area contributed by atoms with Crippen molar-refractivity contribution in [2.45, 2.75) is 27.7 Å². The highest BCUT2D eigenvalue weighted by Crippen LogP contribution is 2.39. The normalized spacial score (nSPS) is 10.2. The number of nitrogens with one attached hydrogen (secondary N) is 1. The summed E-state index contributed by atoms with van der Waals surface area (Å²) >= 11 is 0. The van der Waals surface area contributed by atoms with E-state index in [-0.39, 0.29) is 11.7 Å². The van der Waals surface area contributed by atoms with Crippen molar-refractivity contribution in [1.82, 2.24) is 0 Å². The minimum absolute atomic E-state index is 0.0653. The topological polar surface area (TPSA) is 73.9 Å². The Hall–Kier alpha value is -3.02. The molecular weight excluding hydrogens is 346 g/mol. The maximum atomic E-state index is 12.7. The molecule has 0 saturated heterocycles. The average molecular weight is 371 g/mol.